The van der Waals surface area contributed by atoms with Gasteiger partial charge in [0.05, 0.1) is 0 Å². The van der Waals surface area contributed by atoms with Gasteiger partial charge in [0.2, 0.25) is 0 Å². The Morgan fingerprint density at radius 2 is 2.14 bits per heavy atom. The lowest BCUT2D eigenvalue weighted by molar-refractivity contribution is 1.12. The van der Waals surface area contributed by atoms with Gasteiger partial charge < -0.3 is 0 Å². The summed E-state index contributed by atoms with van der Waals surface area (Å²) in [6, 6.07) is 4.54. The smallest absolute Gasteiger partial charge is 0.0386 e. The topological polar surface area (TPSA) is 0 Å². The maximum Gasteiger partial charge on any atom is 0.0386 e. The first kappa shape index (κ1) is 10.1. The van der Waals surface area contributed by atoms with Crippen LogP contribution in [0.25, 0.3) is 10.1 Å². The Labute approximate surface area is 93.3 Å². The van der Waals surface area contributed by atoms with Crippen molar-refractivity contribution in [1.82, 2.24) is 0 Å². The summed E-state index contributed by atoms with van der Waals surface area (Å²) in [7, 11) is 0. The third kappa shape index (κ3) is 1.47. The minimum Gasteiger partial charge on any atom is -0.142 e. The van der Waals surface area contributed by atoms with Crippen LogP contribution in [0.2, 0.25) is 0 Å². The Morgan fingerprint density at radius 1 is 1.36 bits per heavy atom. The fraction of sp³-hybridized carbons (Fsp3) is 0.333. The molecule has 0 spiro atoms. The highest BCUT2D eigenvalue weighted by molar-refractivity contribution is 7.99. The maximum absolute atomic E-state index is 2.27. The lowest BCUT2D eigenvalue weighted by atomic mass is 10.0. The van der Waals surface area contributed by atoms with E-state index in [1.807, 2.05) is 23.1 Å². The van der Waals surface area contributed by atoms with Crippen molar-refractivity contribution in [3.05, 3.63) is 28.6 Å². The van der Waals surface area contributed by atoms with Crippen molar-refractivity contribution in [2.45, 2.75) is 25.2 Å². The van der Waals surface area contributed by atoms with Gasteiger partial charge in [0.25, 0.3) is 0 Å². The van der Waals surface area contributed by atoms with Crippen LogP contribution < -0.4 is 0 Å². The summed E-state index contributed by atoms with van der Waals surface area (Å²) in [5.74, 6) is 0. The lowest BCUT2D eigenvalue weighted by Crippen LogP contribution is -1.85. The Kier molecular flexibility index (Phi) is 2.84. The molecular weight excluding hydrogens is 208 g/mol. The summed E-state index contributed by atoms with van der Waals surface area (Å²) in [5.41, 5.74) is 2.95. The van der Waals surface area contributed by atoms with E-state index in [-0.39, 0.29) is 0 Å². The van der Waals surface area contributed by atoms with Gasteiger partial charge in [-0.2, -0.15) is 0 Å². The molecule has 0 atom stereocenters. The number of benzene rings is 1. The number of hydrogen-bond donors (Lipinski definition) is 0. The maximum atomic E-state index is 2.27. The Morgan fingerprint density at radius 3 is 2.79 bits per heavy atom. The fourth-order valence-electron chi connectivity index (χ4n) is 1.80. The van der Waals surface area contributed by atoms with Gasteiger partial charge in [-0.05, 0) is 30.7 Å². The highest BCUT2D eigenvalue weighted by atomic mass is 32.2. The van der Waals surface area contributed by atoms with E-state index < -0.39 is 0 Å². The molecular formula is C12H14S2. The van der Waals surface area contributed by atoms with Gasteiger partial charge in [0.15, 0.2) is 0 Å². The Bertz CT molecular complexity index is 455. The van der Waals surface area contributed by atoms with E-state index in [9.17, 15) is 0 Å². The van der Waals surface area contributed by atoms with E-state index in [2.05, 4.69) is 37.6 Å². The molecule has 0 aliphatic rings. The molecule has 0 nitrogen and oxygen atoms in total. The van der Waals surface area contributed by atoms with E-state index in [1.54, 1.807) is 0 Å². The number of thioether (sulfide) groups is 1. The van der Waals surface area contributed by atoms with Gasteiger partial charge >= 0.3 is 0 Å². The van der Waals surface area contributed by atoms with Crippen LogP contribution in [0.5, 0.6) is 0 Å². The van der Waals surface area contributed by atoms with Gasteiger partial charge in [0, 0.05) is 20.4 Å². The quantitative estimate of drug-likeness (QED) is 0.674. The molecule has 2 heteroatoms. The van der Waals surface area contributed by atoms with Gasteiger partial charge in [-0.25, -0.2) is 0 Å². The van der Waals surface area contributed by atoms with Crippen LogP contribution in [0.15, 0.2) is 22.4 Å². The second kappa shape index (κ2) is 3.95. The molecule has 14 heavy (non-hydrogen) atoms. The number of aryl methyl sites for hydroxylation is 2. The predicted octanol–water partition coefficient (Wildman–Crippen LogP) is 4.49. The molecule has 2 aromatic rings. The van der Waals surface area contributed by atoms with Crippen LogP contribution in [-0.4, -0.2) is 6.26 Å². The SMILES string of the molecule is CCc1ccc2c(SC)csc2c1C. The average molecular weight is 222 g/mol. The highest BCUT2D eigenvalue weighted by Gasteiger charge is 2.07. The van der Waals surface area contributed by atoms with Gasteiger partial charge in [-0.15, -0.1) is 23.1 Å². The zero-order valence-electron chi connectivity index (χ0n) is 8.76. The summed E-state index contributed by atoms with van der Waals surface area (Å²) < 4.78 is 1.47. The second-order valence-corrected chi connectivity index (χ2v) is 5.11. The van der Waals surface area contributed by atoms with Crippen LogP contribution in [0, 0.1) is 6.92 Å². The lowest BCUT2D eigenvalue weighted by Gasteiger charge is -2.04. The van der Waals surface area contributed by atoms with Crippen LogP contribution >= 0.6 is 23.1 Å². The molecule has 1 aromatic heterocycles. The van der Waals surface area contributed by atoms with Crippen LogP contribution in [0.3, 0.4) is 0 Å². The van der Waals surface area contributed by atoms with Crippen LogP contribution in [0.1, 0.15) is 18.1 Å². The molecule has 0 fully saturated rings. The van der Waals surface area contributed by atoms with Crippen molar-refractivity contribution in [2.24, 2.45) is 0 Å². The average Bonchev–Trinajstić information content (AvgIpc) is 2.62. The third-order valence-corrected chi connectivity index (χ3v) is 4.71. The second-order valence-electron chi connectivity index (χ2n) is 3.38. The Hall–Kier alpha value is -0.470. The highest BCUT2D eigenvalue weighted by Crippen LogP contribution is 2.35. The Balaban J connectivity index is 2.72. The number of hydrogen-bond acceptors (Lipinski definition) is 2. The molecule has 0 amide bonds. The summed E-state index contributed by atoms with van der Waals surface area (Å²) >= 11 is 3.71. The monoisotopic (exact) mass is 222 g/mol. The van der Waals surface area contributed by atoms with Crippen LogP contribution in [-0.2, 0) is 6.42 Å². The number of rotatable bonds is 2. The summed E-state index contributed by atoms with van der Waals surface area (Å²) in [6.45, 7) is 4.46. The largest absolute Gasteiger partial charge is 0.142 e. The molecule has 0 aliphatic carbocycles. The first-order valence-electron chi connectivity index (χ1n) is 4.81. The van der Waals surface area contributed by atoms with Gasteiger partial charge in [-0.3, -0.25) is 0 Å². The molecule has 0 unspecified atom stereocenters. The van der Waals surface area contributed by atoms with E-state index in [1.165, 1.54) is 26.1 Å². The first-order valence-corrected chi connectivity index (χ1v) is 6.92. The summed E-state index contributed by atoms with van der Waals surface area (Å²) in [5, 5.41) is 3.69. The zero-order chi connectivity index (χ0) is 10.1. The number of thiophene rings is 1. The molecule has 0 bridgehead atoms. The van der Waals surface area contributed by atoms with Crippen molar-refractivity contribution in [1.29, 1.82) is 0 Å². The van der Waals surface area contributed by atoms with Crippen molar-refractivity contribution < 1.29 is 0 Å². The van der Waals surface area contributed by atoms with Crippen molar-refractivity contribution in [2.75, 3.05) is 6.26 Å². The summed E-state index contributed by atoms with van der Waals surface area (Å²) in [4.78, 5) is 1.41. The molecule has 0 aliphatic heterocycles. The first-order chi connectivity index (χ1) is 6.77. The standard InChI is InChI=1S/C12H14S2/c1-4-9-5-6-10-11(13-3)7-14-12(10)8(9)2/h5-7H,4H2,1-3H3. The molecule has 1 aromatic carbocycles. The fourth-order valence-corrected chi connectivity index (χ4v) is 3.74. The van der Waals surface area contributed by atoms with Crippen LogP contribution in [0.4, 0.5) is 0 Å². The predicted molar refractivity (Wildman–Crippen MR) is 67.7 cm³/mol. The van der Waals surface area contributed by atoms with E-state index in [4.69, 9.17) is 0 Å². The summed E-state index contributed by atoms with van der Waals surface area (Å²) in [6.07, 6.45) is 3.28. The van der Waals surface area contributed by atoms with Crippen molar-refractivity contribution in [3.8, 4) is 0 Å². The van der Waals surface area contributed by atoms with Crippen molar-refractivity contribution in [3.63, 3.8) is 0 Å². The third-order valence-electron chi connectivity index (χ3n) is 2.67. The molecule has 0 radical (unpaired) electrons. The minimum atomic E-state index is 1.13. The zero-order valence-corrected chi connectivity index (χ0v) is 10.4. The van der Waals surface area contributed by atoms with E-state index in [0.717, 1.165) is 6.42 Å². The molecule has 2 rings (SSSR count). The van der Waals surface area contributed by atoms with Crippen molar-refractivity contribution >= 4 is 33.2 Å². The normalized spacial score (nSPS) is 11.1. The van der Waals surface area contributed by atoms with Gasteiger partial charge in [-0.1, -0.05) is 19.1 Å². The van der Waals surface area contributed by atoms with E-state index in [0.29, 0.717) is 0 Å². The molecule has 0 saturated heterocycles. The molecule has 1 heterocycles. The van der Waals surface area contributed by atoms with E-state index >= 15 is 0 Å². The minimum absolute atomic E-state index is 1.13. The molecule has 0 saturated carbocycles. The number of fused-ring (bicyclic) bond motifs is 1. The molecule has 0 N–H and O–H groups in total. The molecule has 74 valence electrons. The van der Waals surface area contributed by atoms with Gasteiger partial charge in [0.1, 0.15) is 0 Å².